The normalized spacial score (nSPS) is 47.8. The molecule has 10 rings (SSSR count). The summed E-state index contributed by atoms with van der Waals surface area (Å²) in [4.78, 5) is 24.9. The quantitative estimate of drug-likeness (QED) is 0.188. The number of amides is 1. The van der Waals surface area contributed by atoms with E-state index in [0.717, 1.165) is 151 Å². The summed E-state index contributed by atoms with van der Waals surface area (Å²) in [5.74, 6) is 7.52. The SMILES string of the molecule is C.C.C[C@@]1(O)CC[C@H]2[C@H](CC[C@@H]3[C@@H]2CC[C@]2(C)[C@@H](C(=O)NC4CCOCC4)CC[C@@H]32)C1.C[C@@]1(O)CC[C@H]2[C@H](CC[C@@H]3[C@@H]2CC[C@]2(C)[C@@H](C(=O)O)CC[C@@H]32)C1.NC1CCOCC1. The number of ether oxygens (including phenoxy) is 2. The van der Waals surface area contributed by atoms with Gasteiger partial charge in [0.05, 0.1) is 17.1 Å². The van der Waals surface area contributed by atoms with E-state index in [4.69, 9.17) is 15.2 Å². The minimum absolute atomic E-state index is 0. The molecule has 0 spiro atoms. The summed E-state index contributed by atoms with van der Waals surface area (Å²) in [6, 6.07) is 0.731. The monoisotopic (exact) mass is 857 g/mol. The molecule has 0 aromatic heterocycles. The molecule has 2 saturated heterocycles. The van der Waals surface area contributed by atoms with Crippen molar-refractivity contribution in [2.75, 3.05) is 26.4 Å². The summed E-state index contributed by atoms with van der Waals surface area (Å²) in [5.41, 5.74) is 4.92. The highest BCUT2D eigenvalue weighted by molar-refractivity contribution is 5.80. The predicted molar refractivity (Wildman–Crippen MR) is 244 cm³/mol. The molecule has 10 fully saturated rings. The molecule has 8 saturated carbocycles. The van der Waals surface area contributed by atoms with E-state index < -0.39 is 17.2 Å². The van der Waals surface area contributed by atoms with E-state index in [-0.39, 0.29) is 37.5 Å². The highest BCUT2D eigenvalue weighted by atomic mass is 16.5. The molecule has 61 heavy (non-hydrogen) atoms. The summed E-state index contributed by atoms with van der Waals surface area (Å²) in [7, 11) is 0. The Balaban J connectivity index is 0.000000174. The first kappa shape index (κ1) is 49.2. The van der Waals surface area contributed by atoms with Crippen molar-refractivity contribution in [2.45, 2.75) is 207 Å². The summed E-state index contributed by atoms with van der Waals surface area (Å²) in [5, 5.41) is 34.0. The second kappa shape index (κ2) is 19.7. The smallest absolute Gasteiger partial charge is 0.307 e. The number of aliphatic hydroxyl groups is 2. The Bertz CT molecular complexity index is 1460. The first-order valence-electron chi connectivity index (χ1n) is 25.0. The molecule has 0 aromatic rings. The van der Waals surface area contributed by atoms with Crippen LogP contribution in [0, 0.1) is 81.8 Å². The molecule has 9 heteroatoms. The van der Waals surface area contributed by atoms with Crippen LogP contribution in [0.5, 0.6) is 0 Å². The fourth-order valence-corrected chi connectivity index (χ4v) is 16.9. The number of carboxylic acids is 1. The van der Waals surface area contributed by atoms with Crippen molar-refractivity contribution in [3.05, 3.63) is 0 Å². The predicted octanol–water partition coefficient (Wildman–Crippen LogP) is 9.79. The van der Waals surface area contributed by atoms with E-state index in [1.807, 2.05) is 13.8 Å². The highest BCUT2D eigenvalue weighted by Crippen LogP contribution is 2.66. The van der Waals surface area contributed by atoms with Gasteiger partial charge in [0.15, 0.2) is 0 Å². The molecule has 8 aliphatic carbocycles. The van der Waals surface area contributed by atoms with Gasteiger partial charge in [-0.15, -0.1) is 0 Å². The third-order valence-electron chi connectivity index (χ3n) is 19.9. The third-order valence-corrected chi connectivity index (χ3v) is 19.9. The molecular weight excluding hydrogens is 765 g/mol. The van der Waals surface area contributed by atoms with Gasteiger partial charge in [-0.05, 0) is 225 Å². The van der Waals surface area contributed by atoms with Crippen molar-refractivity contribution >= 4 is 11.9 Å². The lowest BCUT2D eigenvalue weighted by Crippen LogP contribution is -2.52. The zero-order valence-electron chi connectivity index (χ0n) is 37.5. The minimum atomic E-state index is -0.559. The maximum absolute atomic E-state index is 13.3. The second-order valence-electron chi connectivity index (χ2n) is 23.4. The number of nitrogens with one attached hydrogen (secondary N) is 1. The Morgan fingerprint density at radius 1 is 0.525 bits per heavy atom. The van der Waals surface area contributed by atoms with Crippen molar-refractivity contribution in [1.82, 2.24) is 5.32 Å². The maximum Gasteiger partial charge on any atom is 0.307 e. The molecule has 2 aliphatic heterocycles. The van der Waals surface area contributed by atoms with Crippen molar-refractivity contribution in [3.63, 3.8) is 0 Å². The van der Waals surface area contributed by atoms with E-state index in [9.17, 15) is 24.9 Å². The lowest BCUT2D eigenvalue weighted by molar-refractivity contribution is -0.150. The fourth-order valence-electron chi connectivity index (χ4n) is 16.9. The van der Waals surface area contributed by atoms with Gasteiger partial charge in [-0.25, -0.2) is 0 Å². The molecule has 0 radical (unpaired) electrons. The number of carbonyl (C=O) groups is 2. The summed E-state index contributed by atoms with van der Waals surface area (Å²) < 4.78 is 10.5. The zero-order chi connectivity index (χ0) is 41.7. The van der Waals surface area contributed by atoms with Crippen LogP contribution in [0.4, 0.5) is 0 Å². The number of carbonyl (C=O) groups excluding carboxylic acids is 1. The molecule has 9 nitrogen and oxygen atoms in total. The number of rotatable bonds is 3. The van der Waals surface area contributed by atoms with E-state index in [2.05, 4.69) is 19.2 Å². The molecule has 0 bridgehead atoms. The lowest BCUT2D eigenvalue weighted by Gasteiger charge is -2.56. The van der Waals surface area contributed by atoms with Crippen LogP contribution in [-0.4, -0.2) is 76.9 Å². The van der Waals surface area contributed by atoms with Crippen molar-refractivity contribution in [2.24, 2.45) is 87.6 Å². The highest BCUT2D eigenvalue weighted by Gasteiger charge is 2.60. The van der Waals surface area contributed by atoms with Gasteiger partial charge >= 0.3 is 5.97 Å². The van der Waals surface area contributed by atoms with E-state index in [1.165, 1.54) is 64.2 Å². The number of hydrogen-bond donors (Lipinski definition) is 5. The number of hydrogen-bond acceptors (Lipinski definition) is 7. The average Bonchev–Trinajstić information content (AvgIpc) is 3.75. The Kier molecular flexibility index (Phi) is 15.9. The largest absolute Gasteiger partial charge is 0.481 e. The Morgan fingerprint density at radius 3 is 1.39 bits per heavy atom. The number of aliphatic carboxylic acids is 1. The second-order valence-corrected chi connectivity index (χ2v) is 23.4. The summed E-state index contributed by atoms with van der Waals surface area (Å²) in [6.45, 7) is 12.1. The Hall–Kier alpha value is -1.26. The van der Waals surface area contributed by atoms with Gasteiger partial charge in [-0.3, -0.25) is 9.59 Å². The molecule has 1 amide bonds. The van der Waals surface area contributed by atoms with Gasteiger partial charge in [0.2, 0.25) is 5.91 Å². The standard InChI is InChI=1S/C25H41NO3.C20H32O3.C5H11NO.2CH4/c1-24(28)11-7-18-16(15-24)3-4-20-19(18)8-12-25(2)21(20)5-6-22(25)23(27)26-17-9-13-29-14-10-17;1-19(23)9-7-13-12(11-19)3-4-15-14(13)8-10-20(2)16(15)5-6-17(20)18(21)22;6-5-1-3-7-4-2-5;;/h16-22,28H,3-15H2,1-2H3,(H,26,27);12-17,23H,3-11H2,1-2H3,(H,21,22);5H,1-4,6H2;2*1H4/t16-,18+,19-,20-,21+,22-,24-,25+;12-,13+,14-,15-,16+,17-,19-,20+;;;/m11.../s1. The molecule has 6 N–H and O–H groups in total. The molecule has 0 unspecified atom stereocenters. The molecule has 10 aliphatic rings. The third kappa shape index (κ3) is 10.1. The Labute approximate surface area is 371 Å². The molecular formula is C52H92N2O7. The topological polar surface area (TPSA) is 151 Å². The molecule has 2 heterocycles. The zero-order valence-corrected chi connectivity index (χ0v) is 37.5. The van der Waals surface area contributed by atoms with Gasteiger partial charge < -0.3 is 35.8 Å². The average molecular weight is 857 g/mol. The van der Waals surface area contributed by atoms with Crippen molar-refractivity contribution in [1.29, 1.82) is 0 Å². The van der Waals surface area contributed by atoms with Crippen LogP contribution in [0.3, 0.4) is 0 Å². The van der Waals surface area contributed by atoms with Crippen LogP contribution >= 0.6 is 0 Å². The van der Waals surface area contributed by atoms with Crippen LogP contribution in [0.1, 0.15) is 184 Å². The minimum Gasteiger partial charge on any atom is -0.481 e. The van der Waals surface area contributed by atoms with Crippen LogP contribution in [0.2, 0.25) is 0 Å². The molecule has 16 atom stereocenters. The maximum atomic E-state index is 13.3. The fraction of sp³-hybridized carbons (Fsp3) is 0.962. The number of nitrogens with two attached hydrogens (primary N) is 1. The van der Waals surface area contributed by atoms with Crippen LogP contribution < -0.4 is 11.1 Å². The van der Waals surface area contributed by atoms with E-state index in [1.54, 1.807) is 0 Å². The molecule has 0 aromatic carbocycles. The lowest BCUT2D eigenvalue weighted by atomic mass is 9.49. The van der Waals surface area contributed by atoms with Gasteiger partial charge in [-0.2, -0.15) is 0 Å². The number of carboxylic acid groups (broad SMARTS) is 1. The van der Waals surface area contributed by atoms with Crippen LogP contribution in [-0.2, 0) is 19.1 Å². The van der Waals surface area contributed by atoms with Crippen molar-refractivity contribution < 1.29 is 34.4 Å². The summed E-state index contributed by atoms with van der Waals surface area (Å²) in [6.07, 6.45) is 24.7. The van der Waals surface area contributed by atoms with Crippen molar-refractivity contribution in [3.8, 4) is 0 Å². The Morgan fingerprint density at radius 2 is 0.951 bits per heavy atom. The summed E-state index contributed by atoms with van der Waals surface area (Å²) >= 11 is 0. The van der Waals surface area contributed by atoms with Gasteiger partial charge in [0.1, 0.15) is 0 Å². The van der Waals surface area contributed by atoms with Gasteiger partial charge in [-0.1, -0.05) is 28.7 Å². The van der Waals surface area contributed by atoms with Gasteiger partial charge in [0.25, 0.3) is 0 Å². The first-order valence-corrected chi connectivity index (χ1v) is 25.0. The van der Waals surface area contributed by atoms with Crippen LogP contribution in [0.15, 0.2) is 0 Å². The van der Waals surface area contributed by atoms with Crippen LogP contribution in [0.25, 0.3) is 0 Å². The van der Waals surface area contributed by atoms with E-state index >= 15 is 0 Å². The van der Waals surface area contributed by atoms with E-state index in [0.29, 0.717) is 29.8 Å². The van der Waals surface area contributed by atoms with Gasteiger partial charge in [0, 0.05) is 44.4 Å². The number of fused-ring (bicyclic) bond motifs is 10. The first-order chi connectivity index (χ1) is 28.1. The molecule has 352 valence electrons.